The molecule has 0 aliphatic rings. The fraction of sp³-hybridized carbons (Fsp3) is 0.300. The molecule has 0 aliphatic carbocycles. The van der Waals surface area contributed by atoms with Crippen molar-refractivity contribution >= 4 is 27.7 Å². The fourth-order valence-corrected chi connectivity index (χ4v) is 3.51. The summed E-state index contributed by atoms with van der Waals surface area (Å²) >= 11 is 0. The van der Waals surface area contributed by atoms with E-state index >= 15 is 0 Å². The van der Waals surface area contributed by atoms with Gasteiger partial charge >= 0.3 is 12.0 Å². The lowest BCUT2D eigenvalue weighted by Crippen LogP contribution is -2.40. The second-order valence-corrected chi connectivity index (χ2v) is 8.34. The van der Waals surface area contributed by atoms with Gasteiger partial charge in [0.15, 0.2) is 0 Å². The summed E-state index contributed by atoms with van der Waals surface area (Å²) in [5.74, 6) is -0.409. The number of hydrogen-bond donors (Lipinski definition) is 2. The molecule has 2 aromatic carbocycles. The van der Waals surface area contributed by atoms with Crippen LogP contribution in [0.2, 0.25) is 0 Å². The molecule has 8 nitrogen and oxygen atoms in total. The lowest BCUT2D eigenvalue weighted by atomic mass is 10.2. The van der Waals surface area contributed by atoms with E-state index in [1.54, 1.807) is 38.2 Å². The van der Waals surface area contributed by atoms with Gasteiger partial charge in [0.1, 0.15) is 5.75 Å². The molecule has 0 unspecified atom stereocenters. The number of carbonyl (C=O) groups excluding carboxylic acids is 2. The SMILES string of the molecule is CCNS(=O)(=O)c1cccc(C(=O)Oc2ccc(N(C)C(=O)NC(C)C)cc2)c1. The molecular weight excluding hydrogens is 394 g/mol. The van der Waals surface area contributed by atoms with E-state index in [0.29, 0.717) is 5.69 Å². The summed E-state index contributed by atoms with van der Waals surface area (Å²) in [7, 11) is -2.04. The Hall–Kier alpha value is -2.91. The molecule has 2 aromatic rings. The minimum Gasteiger partial charge on any atom is -0.423 e. The van der Waals surface area contributed by atoms with Crippen molar-refractivity contribution in [3.63, 3.8) is 0 Å². The van der Waals surface area contributed by atoms with Crippen molar-refractivity contribution in [2.75, 3.05) is 18.5 Å². The van der Waals surface area contributed by atoms with Gasteiger partial charge in [-0.25, -0.2) is 22.7 Å². The molecule has 2 N–H and O–H groups in total. The van der Waals surface area contributed by atoms with E-state index in [1.807, 2.05) is 13.8 Å². The van der Waals surface area contributed by atoms with Crippen LogP contribution in [0.25, 0.3) is 0 Å². The Morgan fingerprint density at radius 3 is 2.34 bits per heavy atom. The van der Waals surface area contributed by atoms with Gasteiger partial charge in [-0.1, -0.05) is 13.0 Å². The molecule has 2 rings (SSSR count). The molecule has 0 aliphatic heterocycles. The number of anilines is 1. The third kappa shape index (κ3) is 6.03. The Kier molecular flexibility index (Phi) is 7.35. The van der Waals surface area contributed by atoms with Crippen molar-refractivity contribution in [3.8, 4) is 5.75 Å². The molecule has 0 saturated carbocycles. The highest BCUT2D eigenvalue weighted by molar-refractivity contribution is 7.89. The van der Waals surface area contributed by atoms with Crippen molar-refractivity contribution < 1.29 is 22.7 Å². The summed E-state index contributed by atoms with van der Waals surface area (Å²) in [4.78, 5) is 25.9. The Morgan fingerprint density at radius 1 is 1.10 bits per heavy atom. The van der Waals surface area contributed by atoms with Gasteiger partial charge in [0, 0.05) is 25.3 Å². The summed E-state index contributed by atoms with van der Waals surface area (Å²) < 4.78 is 31.9. The Morgan fingerprint density at radius 2 is 1.76 bits per heavy atom. The van der Waals surface area contributed by atoms with E-state index in [0.717, 1.165) is 0 Å². The smallest absolute Gasteiger partial charge is 0.343 e. The van der Waals surface area contributed by atoms with Crippen molar-refractivity contribution in [3.05, 3.63) is 54.1 Å². The highest BCUT2D eigenvalue weighted by atomic mass is 32.2. The fourth-order valence-electron chi connectivity index (χ4n) is 2.43. The summed E-state index contributed by atoms with van der Waals surface area (Å²) in [5, 5.41) is 2.78. The van der Waals surface area contributed by atoms with Crippen molar-refractivity contribution in [1.82, 2.24) is 10.0 Å². The Labute approximate surface area is 170 Å². The number of sulfonamides is 1. The molecule has 29 heavy (non-hydrogen) atoms. The third-order valence-electron chi connectivity index (χ3n) is 3.87. The molecule has 2 amide bonds. The van der Waals surface area contributed by atoms with Gasteiger partial charge in [0.2, 0.25) is 10.0 Å². The largest absolute Gasteiger partial charge is 0.423 e. The van der Waals surface area contributed by atoms with Crippen LogP contribution in [-0.4, -0.2) is 40.1 Å². The highest BCUT2D eigenvalue weighted by Gasteiger charge is 2.17. The average molecular weight is 420 g/mol. The third-order valence-corrected chi connectivity index (χ3v) is 5.41. The predicted molar refractivity (Wildman–Crippen MR) is 111 cm³/mol. The van der Waals surface area contributed by atoms with E-state index in [2.05, 4.69) is 10.0 Å². The summed E-state index contributed by atoms with van der Waals surface area (Å²) in [6.45, 7) is 5.65. The lowest BCUT2D eigenvalue weighted by Gasteiger charge is -2.20. The maximum atomic E-state index is 12.4. The van der Waals surface area contributed by atoms with Crippen LogP contribution in [0, 0.1) is 0 Å². The number of carbonyl (C=O) groups is 2. The molecule has 0 bridgehead atoms. The number of benzene rings is 2. The summed E-state index contributed by atoms with van der Waals surface area (Å²) in [6, 6.07) is 11.8. The van der Waals surface area contributed by atoms with E-state index in [1.165, 1.54) is 29.2 Å². The van der Waals surface area contributed by atoms with Gasteiger partial charge in [-0.05, 0) is 56.3 Å². The zero-order valence-corrected chi connectivity index (χ0v) is 17.6. The van der Waals surface area contributed by atoms with E-state index in [-0.39, 0.29) is 34.8 Å². The van der Waals surface area contributed by atoms with Crippen LogP contribution >= 0.6 is 0 Å². The lowest BCUT2D eigenvalue weighted by molar-refractivity contribution is 0.0734. The Bertz CT molecular complexity index is 972. The van der Waals surface area contributed by atoms with Crippen molar-refractivity contribution in [2.45, 2.75) is 31.7 Å². The van der Waals surface area contributed by atoms with Crippen LogP contribution in [0.1, 0.15) is 31.1 Å². The number of amides is 2. The van der Waals surface area contributed by atoms with Gasteiger partial charge in [-0.2, -0.15) is 0 Å². The molecular formula is C20H25N3O5S. The second-order valence-electron chi connectivity index (χ2n) is 6.58. The van der Waals surface area contributed by atoms with Crippen LogP contribution in [0.3, 0.4) is 0 Å². The minimum absolute atomic E-state index is 0.0114. The van der Waals surface area contributed by atoms with Crippen molar-refractivity contribution in [1.29, 1.82) is 0 Å². The van der Waals surface area contributed by atoms with E-state index < -0.39 is 16.0 Å². The zero-order valence-electron chi connectivity index (χ0n) is 16.8. The van der Waals surface area contributed by atoms with E-state index in [9.17, 15) is 18.0 Å². The first-order valence-electron chi connectivity index (χ1n) is 9.10. The molecule has 0 atom stereocenters. The quantitative estimate of drug-likeness (QED) is 0.530. The van der Waals surface area contributed by atoms with Crippen LogP contribution in [0.4, 0.5) is 10.5 Å². The van der Waals surface area contributed by atoms with Crippen LogP contribution < -0.4 is 19.7 Å². The first-order valence-corrected chi connectivity index (χ1v) is 10.6. The topological polar surface area (TPSA) is 105 Å². The van der Waals surface area contributed by atoms with Gasteiger partial charge in [0.05, 0.1) is 10.5 Å². The maximum Gasteiger partial charge on any atom is 0.343 e. The number of urea groups is 1. The molecule has 0 fully saturated rings. The van der Waals surface area contributed by atoms with Crippen LogP contribution in [0.15, 0.2) is 53.4 Å². The highest BCUT2D eigenvalue weighted by Crippen LogP contribution is 2.20. The standard InChI is InChI=1S/C20H25N3O5S/c1-5-21-29(26,27)18-8-6-7-15(13-18)19(24)28-17-11-9-16(10-12-17)23(4)20(25)22-14(2)3/h6-14,21H,5H2,1-4H3,(H,22,25). The second kappa shape index (κ2) is 9.53. The van der Waals surface area contributed by atoms with Crippen molar-refractivity contribution in [2.24, 2.45) is 0 Å². The molecule has 0 heterocycles. The predicted octanol–water partition coefficient (Wildman–Crippen LogP) is 2.76. The Balaban J connectivity index is 2.11. The number of nitrogens with zero attached hydrogens (tertiary/aromatic N) is 1. The maximum absolute atomic E-state index is 12.4. The number of esters is 1. The number of nitrogens with one attached hydrogen (secondary N) is 2. The van der Waals surface area contributed by atoms with Crippen LogP contribution in [0.5, 0.6) is 5.75 Å². The monoisotopic (exact) mass is 419 g/mol. The first-order chi connectivity index (χ1) is 13.6. The normalized spacial score (nSPS) is 11.2. The molecule has 0 saturated heterocycles. The van der Waals surface area contributed by atoms with Crippen LogP contribution in [-0.2, 0) is 10.0 Å². The van der Waals surface area contributed by atoms with Gasteiger partial charge < -0.3 is 10.1 Å². The van der Waals surface area contributed by atoms with E-state index in [4.69, 9.17) is 4.74 Å². The number of ether oxygens (including phenoxy) is 1. The molecule has 0 radical (unpaired) electrons. The number of hydrogen-bond acceptors (Lipinski definition) is 5. The first kappa shape index (κ1) is 22.4. The molecule has 9 heteroatoms. The van der Waals surface area contributed by atoms with Gasteiger partial charge in [0.25, 0.3) is 0 Å². The molecule has 0 aromatic heterocycles. The van der Waals surface area contributed by atoms with Gasteiger partial charge in [-0.15, -0.1) is 0 Å². The average Bonchev–Trinajstić information content (AvgIpc) is 2.67. The molecule has 156 valence electrons. The number of rotatable bonds is 7. The zero-order chi connectivity index (χ0) is 21.6. The van der Waals surface area contributed by atoms with Gasteiger partial charge in [-0.3, -0.25) is 4.90 Å². The minimum atomic E-state index is -3.67. The summed E-state index contributed by atoms with van der Waals surface area (Å²) in [5.41, 5.74) is 0.739. The molecule has 0 spiro atoms. The summed E-state index contributed by atoms with van der Waals surface area (Å²) in [6.07, 6.45) is 0.